The zero-order chi connectivity index (χ0) is 13.0. The second kappa shape index (κ2) is 5.81. The molecule has 0 fully saturated rings. The average Bonchev–Trinajstić information content (AvgIpc) is 2.65. The van der Waals surface area contributed by atoms with Crippen molar-refractivity contribution in [3.05, 3.63) is 17.5 Å². The number of alkyl halides is 1. The number of carbonyl (C=O) groups is 2. The van der Waals surface area contributed by atoms with Crippen LogP contribution in [0.25, 0.3) is 0 Å². The minimum Gasteiger partial charge on any atom is -0.468 e. The Labute approximate surface area is 107 Å². The summed E-state index contributed by atoms with van der Waals surface area (Å²) in [6, 6.07) is 0. The number of aromatic nitrogens is 2. The number of esters is 1. The highest BCUT2D eigenvalue weighted by atomic mass is 79.9. The molecular formula is C10H14BrN3O3. The van der Waals surface area contributed by atoms with Gasteiger partial charge >= 0.3 is 5.97 Å². The summed E-state index contributed by atoms with van der Waals surface area (Å²) in [5.74, 6) is -0.683. The molecule has 94 valence electrons. The van der Waals surface area contributed by atoms with E-state index in [9.17, 15) is 9.59 Å². The third kappa shape index (κ3) is 3.29. The number of nitrogens with one attached hydrogen (secondary N) is 1. The van der Waals surface area contributed by atoms with Crippen LogP contribution >= 0.6 is 15.9 Å². The fourth-order valence-corrected chi connectivity index (χ4v) is 1.56. The van der Waals surface area contributed by atoms with Crippen LogP contribution in [0.2, 0.25) is 0 Å². The summed E-state index contributed by atoms with van der Waals surface area (Å²) in [6.45, 7) is 1.97. The van der Waals surface area contributed by atoms with E-state index in [2.05, 4.69) is 31.1 Å². The van der Waals surface area contributed by atoms with Gasteiger partial charge < -0.3 is 10.1 Å². The molecule has 1 aromatic rings. The van der Waals surface area contributed by atoms with Crippen molar-refractivity contribution in [1.82, 2.24) is 15.1 Å². The van der Waals surface area contributed by atoms with Gasteiger partial charge in [-0.25, -0.2) is 0 Å². The highest BCUT2D eigenvalue weighted by molar-refractivity contribution is 9.10. The zero-order valence-corrected chi connectivity index (χ0v) is 11.4. The molecule has 17 heavy (non-hydrogen) atoms. The normalized spacial score (nSPS) is 12.0. The van der Waals surface area contributed by atoms with Crippen molar-refractivity contribution in [2.24, 2.45) is 7.05 Å². The lowest BCUT2D eigenvalue weighted by atomic mass is 10.2. The van der Waals surface area contributed by atoms with Gasteiger partial charge in [0.2, 0.25) is 0 Å². The molecule has 0 aliphatic heterocycles. The van der Waals surface area contributed by atoms with Gasteiger partial charge in [-0.3, -0.25) is 14.3 Å². The Balaban J connectivity index is 2.56. The monoisotopic (exact) mass is 303 g/mol. The smallest absolute Gasteiger partial charge is 0.321 e. The number of rotatable bonds is 4. The summed E-state index contributed by atoms with van der Waals surface area (Å²) in [5, 5.41) is 6.60. The zero-order valence-electron chi connectivity index (χ0n) is 9.86. The largest absolute Gasteiger partial charge is 0.468 e. The molecule has 0 saturated heterocycles. The molecule has 0 aromatic carbocycles. The van der Waals surface area contributed by atoms with E-state index in [0.29, 0.717) is 5.56 Å². The number of hydrogen-bond acceptors (Lipinski definition) is 4. The number of hydrogen-bond donors (Lipinski definition) is 1. The van der Waals surface area contributed by atoms with Gasteiger partial charge in [-0.05, 0) is 6.92 Å². The molecule has 6 nitrogen and oxygen atoms in total. The number of nitrogens with zero attached hydrogens (tertiary/aromatic N) is 2. The quantitative estimate of drug-likeness (QED) is 0.645. The van der Waals surface area contributed by atoms with Crippen LogP contribution in [0.4, 0.5) is 0 Å². The molecule has 1 amide bonds. The predicted molar refractivity (Wildman–Crippen MR) is 65.0 cm³/mol. The lowest BCUT2D eigenvalue weighted by molar-refractivity contribution is -0.139. The van der Waals surface area contributed by atoms with Crippen LogP contribution in [0.1, 0.15) is 16.1 Å². The Hall–Kier alpha value is -1.37. The van der Waals surface area contributed by atoms with Crippen LogP contribution in [0.5, 0.6) is 0 Å². The Morgan fingerprint density at radius 1 is 1.65 bits per heavy atom. The predicted octanol–water partition coefficient (Wildman–Crippen LogP) is 0.395. The van der Waals surface area contributed by atoms with E-state index in [1.165, 1.54) is 13.3 Å². The third-order valence-electron chi connectivity index (χ3n) is 2.38. The summed E-state index contributed by atoms with van der Waals surface area (Å²) >= 11 is 3.12. The van der Waals surface area contributed by atoms with Crippen molar-refractivity contribution in [2.45, 2.75) is 11.8 Å². The van der Waals surface area contributed by atoms with E-state index in [1.54, 1.807) is 18.7 Å². The van der Waals surface area contributed by atoms with E-state index in [-0.39, 0.29) is 12.5 Å². The van der Waals surface area contributed by atoms with Gasteiger partial charge in [0, 0.05) is 19.3 Å². The van der Waals surface area contributed by atoms with Crippen molar-refractivity contribution in [1.29, 1.82) is 0 Å². The van der Waals surface area contributed by atoms with E-state index >= 15 is 0 Å². The van der Waals surface area contributed by atoms with Crippen LogP contribution in [-0.2, 0) is 16.6 Å². The standard InChI is InChI=1S/C10H14BrN3O3/c1-6-7(4-13-14(6)2)9(15)12-5-8(11)10(16)17-3/h4,8H,5H2,1-3H3,(H,12,15). The Bertz CT molecular complexity index is 430. The molecule has 1 N–H and O–H groups in total. The minimum atomic E-state index is -0.548. The Morgan fingerprint density at radius 2 is 2.29 bits per heavy atom. The fraction of sp³-hybridized carbons (Fsp3) is 0.500. The molecule has 1 unspecified atom stereocenters. The van der Waals surface area contributed by atoms with Gasteiger partial charge in [-0.2, -0.15) is 5.10 Å². The van der Waals surface area contributed by atoms with E-state index < -0.39 is 10.8 Å². The van der Waals surface area contributed by atoms with Gasteiger partial charge in [0.05, 0.1) is 18.9 Å². The lowest BCUT2D eigenvalue weighted by Crippen LogP contribution is -2.34. The van der Waals surface area contributed by atoms with Crippen LogP contribution < -0.4 is 5.32 Å². The molecule has 1 aromatic heterocycles. The summed E-state index contributed by atoms with van der Waals surface area (Å²) in [7, 11) is 3.05. The Kier molecular flexibility index (Phi) is 4.68. The van der Waals surface area contributed by atoms with Crippen molar-refractivity contribution < 1.29 is 14.3 Å². The van der Waals surface area contributed by atoms with Gasteiger partial charge in [0.15, 0.2) is 0 Å². The highest BCUT2D eigenvalue weighted by Gasteiger charge is 2.18. The van der Waals surface area contributed by atoms with Gasteiger partial charge in [0.25, 0.3) is 5.91 Å². The first-order chi connectivity index (χ1) is 7.97. The molecule has 7 heteroatoms. The van der Waals surface area contributed by atoms with Crippen LogP contribution in [0.3, 0.4) is 0 Å². The van der Waals surface area contributed by atoms with Gasteiger partial charge in [0.1, 0.15) is 4.83 Å². The van der Waals surface area contributed by atoms with Gasteiger partial charge in [-0.15, -0.1) is 0 Å². The van der Waals surface area contributed by atoms with Crippen molar-refractivity contribution in [3.8, 4) is 0 Å². The number of carbonyl (C=O) groups excluding carboxylic acids is 2. The Morgan fingerprint density at radius 3 is 2.76 bits per heavy atom. The van der Waals surface area contributed by atoms with Gasteiger partial charge in [-0.1, -0.05) is 15.9 Å². The van der Waals surface area contributed by atoms with Crippen molar-refractivity contribution >= 4 is 27.8 Å². The first-order valence-electron chi connectivity index (χ1n) is 4.96. The number of methoxy groups -OCH3 is 1. The lowest BCUT2D eigenvalue weighted by Gasteiger charge is -2.08. The number of aryl methyl sites for hydroxylation is 1. The van der Waals surface area contributed by atoms with Crippen LogP contribution in [0.15, 0.2) is 6.20 Å². The molecule has 0 bridgehead atoms. The second-order valence-electron chi connectivity index (χ2n) is 3.47. The summed E-state index contributed by atoms with van der Waals surface area (Å²) < 4.78 is 6.14. The summed E-state index contributed by atoms with van der Waals surface area (Å²) in [6.07, 6.45) is 1.49. The van der Waals surface area contributed by atoms with E-state index in [4.69, 9.17) is 0 Å². The van der Waals surface area contributed by atoms with Crippen LogP contribution in [0, 0.1) is 6.92 Å². The average molecular weight is 304 g/mol. The third-order valence-corrected chi connectivity index (χ3v) is 3.08. The molecule has 1 atom stereocenters. The summed E-state index contributed by atoms with van der Waals surface area (Å²) in [4.78, 5) is 22.3. The molecule has 0 aliphatic rings. The van der Waals surface area contributed by atoms with Crippen molar-refractivity contribution in [2.75, 3.05) is 13.7 Å². The van der Waals surface area contributed by atoms with E-state index in [0.717, 1.165) is 5.69 Å². The van der Waals surface area contributed by atoms with Crippen LogP contribution in [-0.4, -0.2) is 40.1 Å². The maximum absolute atomic E-state index is 11.8. The topological polar surface area (TPSA) is 73.2 Å². The number of amides is 1. The SMILES string of the molecule is COC(=O)C(Br)CNC(=O)c1cnn(C)c1C. The summed E-state index contributed by atoms with van der Waals surface area (Å²) in [5.41, 5.74) is 1.27. The highest BCUT2D eigenvalue weighted by Crippen LogP contribution is 2.06. The molecule has 0 aliphatic carbocycles. The molecule has 1 rings (SSSR count). The first-order valence-corrected chi connectivity index (χ1v) is 5.87. The fourth-order valence-electron chi connectivity index (χ4n) is 1.21. The maximum atomic E-state index is 11.8. The van der Waals surface area contributed by atoms with E-state index in [1.807, 2.05) is 0 Å². The molecular weight excluding hydrogens is 290 g/mol. The number of halogens is 1. The second-order valence-corrected chi connectivity index (χ2v) is 4.57. The molecule has 0 spiro atoms. The molecule has 1 heterocycles. The maximum Gasteiger partial charge on any atom is 0.321 e. The minimum absolute atomic E-state index is 0.167. The molecule has 0 radical (unpaired) electrons. The number of ether oxygens (including phenoxy) is 1. The van der Waals surface area contributed by atoms with Crippen molar-refractivity contribution in [3.63, 3.8) is 0 Å². The first kappa shape index (κ1) is 13.7. The molecule has 0 saturated carbocycles.